The summed E-state index contributed by atoms with van der Waals surface area (Å²) in [4.78, 5) is 18.8. The average Bonchev–Trinajstić information content (AvgIpc) is 3.14. The molecule has 2 N–H and O–H groups in total. The van der Waals surface area contributed by atoms with Gasteiger partial charge in [-0.25, -0.2) is 9.18 Å². The second-order valence-corrected chi connectivity index (χ2v) is 7.65. The minimum absolute atomic E-state index is 0.196. The summed E-state index contributed by atoms with van der Waals surface area (Å²) in [7, 11) is 0. The lowest BCUT2D eigenvalue weighted by atomic mass is 10.1. The highest BCUT2D eigenvalue weighted by atomic mass is 19.1. The number of aromatic nitrogens is 1. The number of benzene rings is 2. The molecule has 0 spiro atoms. The number of rotatable bonds is 7. The van der Waals surface area contributed by atoms with E-state index in [4.69, 9.17) is 9.84 Å². The monoisotopic (exact) mass is 411 g/mol. The molecule has 1 saturated heterocycles. The van der Waals surface area contributed by atoms with Crippen LogP contribution in [0.4, 0.5) is 14.9 Å². The van der Waals surface area contributed by atoms with Crippen molar-refractivity contribution < 1.29 is 19.0 Å². The molecule has 7 heteroatoms. The van der Waals surface area contributed by atoms with Crippen LogP contribution in [0.15, 0.2) is 48.7 Å². The van der Waals surface area contributed by atoms with Gasteiger partial charge in [-0.3, -0.25) is 4.90 Å². The molecular formula is C23H26FN3O3. The predicted molar refractivity (Wildman–Crippen MR) is 115 cm³/mol. The molecule has 1 aliphatic heterocycles. The van der Waals surface area contributed by atoms with Crippen molar-refractivity contribution in [3.05, 3.63) is 60.0 Å². The molecule has 30 heavy (non-hydrogen) atoms. The van der Waals surface area contributed by atoms with Gasteiger partial charge in [0.05, 0.1) is 0 Å². The number of hydrogen-bond donors (Lipinski definition) is 2. The van der Waals surface area contributed by atoms with Crippen LogP contribution in [0.1, 0.15) is 18.4 Å². The van der Waals surface area contributed by atoms with Gasteiger partial charge in [0, 0.05) is 49.0 Å². The lowest BCUT2D eigenvalue weighted by Gasteiger charge is -2.36. The number of hydrogen-bond acceptors (Lipinski definition) is 4. The van der Waals surface area contributed by atoms with Crippen molar-refractivity contribution in [2.45, 2.75) is 19.3 Å². The molecule has 0 amide bonds. The van der Waals surface area contributed by atoms with E-state index in [-0.39, 0.29) is 5.82 Å². The summed E-state index contributed by atoms with van der Waals surface area (Å²) in [5, 5.41) is 9.81. The Morgan fingerprint density at radius 1 is 1.07 bits per heavy atom. The maximum atomic E-state index is 13.1. The number of carboxylic acid groups (broad SMARTS) is 1. The van der Waals surface area contributed by atoms with Gasteiger partial charge in [-0.15, -0.1) is 0 Å². The van der Waals surface area contributed by atoms with E-state index in [9.17, 15) is 9.18 Å². The standard InChI is InChI=1S/C23H26FN3O3/c24-18-4-6-19(7-5-18)27-13-11-26(12-14-27)10-2-1-3-17-16-25-22-9-8-20(15-21(17)22)30-23(28)29/h4-9,15-16,25H,1-3,10-14H2,(H,28,29). The number of anilines is 1. The molecule has 1 aromatic heterocycles. The highest BCUT2D eigenvalue weighted by Crippen LogP contribution is 2.25. The van der Waals surface area contributed by atoms with Crippen molar-refractivity contribution in [2.75, 3.05) is 37.6 Å². The van der Waals surface area contributed by atoms with Gasteiger partial charge in [0.2, 0.25) is 0 Å². The molecule has 2 aromatic carbocycles. The normalized spacial score (nSPS) is 14.9. The lowest BCUT2D eigenvalue weighted by molar-refractivity contribution is 0.144. The minimum Gasteiger partial charge on any atom is -0.449 e. The second kappa shape index (κ2) is 9.17. The van der Waals surface area contributed by atoms with Crippen molar-refractivity contribution in [1.82, 2.24) is 9.88 Å². The molecule has 0 radical (unpaired) electrons. The lowest BCUT2D eigenvalue weighted by Crippen LogP contribution is -2.46. The van der Waals surface area contributed by atoms with E-state index in [1.165, 1.54) is 17.7 Å². The molecule has 1 fully saturated rings. The zero-order valence-corrected chi connectivity index (χ0v) is 16.8. The van der Waals surface area contributed by atoms with Crippen LogP contribution in [-0.4, -0.2) is 53.9 Å². The first-order chi connectivity index (χ1) is 14.6. The SMILES string of the molecule is O=C(O)Oc1ccc2[nH]cc(CCCCN3CCN(c4ccc(F)cc4)CC3)c2c1. The van der Waals surface area contributed by atoms with E-state index >= 15 is 0 Å². The van der Waals surface area contributed by atoms with Crippen molar-refractivity contribution in [2.24, 2.45) is 0 Å². The molecule has 0 bridgehead atoms. The van der Waals surface area contributed by atoms with Gasteiger partial charge in [-0.1, -0.05) is 0 Å². The van der Waals surface area contributed by atoms with E-state index in [2.05, 4.69) is 14.8 Å². The third kappa shape index (κ3) is 4.91. The minimum atomic E-state index is -1.30. The molecule has 2 heterocycles. The summed E-state index contributed by atoms with van der Waals surface area (Å²) in [6, 6.07) is 12.0. The van der Waals surface area contributed by atoms with Gasteiger partial charge >= 0.3 is 6.16 Å². The van der Waals surface area contributed by atoms with Crippen molar-refractivity contribution in [3.8, 4) is 5.75 Å². The number of aryl methyl sites for hydroxylation is 1. The molecule has 0 aliphatic carbocycles. The summed E-state index contributed by atoms with van der Waals surface area (Å²) in [5.74, 6) is 0.146. The fraction of sp³-hybridized carbons (Fsp3) is 0.348. The van der Waals surface area contributed by atoms with Crippen LogP contribution < -0.4 is 9.64 Å². The van der Waals surface area contributed by atoms with Gasteiger partial charge in [0.15, 0.2) is 0 Å². The van der Waals surface area contributed by atoms with Crippen molar-refractivity contribution in [3.63, 3.8) is 0 Å². The fourth-order valence-electron chi connectivity index (χ4n) is 4.06. The first kappa shape index (κ1) is 20.2. The van der Waals surface area contributed by atoms with E-state index in [0.717, 1.165) is 68.6 Å². The van der Waals surface area contributed by atoms with Crippen LogP contribution in [0.3, 0.4) is 0 Å². The Labute approximate surface area is 174 Å². The third-order valence-corrected chi connectivity index (χ3v) is 5.68. The zero-order chi connectivity index (χ0) is 20.9. The van der Waals surface area contributed by atoms with E-state index < -0.39 is 6.16 Å². The Hall–Kier alpha value is -3.06. The highest BCUT2D eigenvalue weighted by Gasteiger charge is 2.17. The molecule has 0 unspecified atom stereocenters. The van der Waals surface area contributed by atoms with Crippen LogP contribution in [0.25, 0.3) is 10.9 Å². The number of aromatic amines is 1. The Kier molecular flexibility index (Phi) is 6.18. The Morgan fingerprint density at radius 2 is 1.83 bits per heavy atom. The van der Waals surface area contributed by atoms with Crippen LogP contribution in [0.5, 0.6) is 5.75 Å². The molecule has 3 aromatic rings. The van der Waals surface area contributed by atoms with Crippen LogP contribution >= 0.6 is 0 Å². The van der Waals surface area contributed by atoms with Crippen LogP contribution in [0.2, 0.25) is 0 Å². The van der Waals surface area contributed by atoms with E-state index in [1.54, 1.807) is 12.1 Å². The summed E-state index contributed by atoms with van der Waals surface area (Å²) in [5.41, 5.74) is 3.25. The predicted octanol–water partition coefficient (Wildman–Crippen LogP) is 4.51. The zero-order valence-electron chi connectivity index (χ0n) is 16.8. The molecule has 158 valence electrons. The maximum absolute atomic E-state index is 13.1. The van der Waals surface area contributed by atoms with Gasteiger partial charge in [0.1, 0.15) is 11.6 Å². The summed E-state index contributed by atoms with van der Waals surface area (Å²) < 4.78 is 17.9. The third-order valence-electron chi connectivity index (χ3n) is 5.68. The second-order valence-electron chi connectivity index (χ2n) is 7.65. The molecule has 0 atom stereocenters. The average molecular weight is 411 g/mol. The maximum Gasteiger partial charge on any atom is 0.511 e. The number of unbranched alkanes of at least 4 members (excludes halogenated alkanes) is 1. The molecule has 6 nitrogen and oxygen atoms in total. The summed E-state index contributed by atoms with van der Waals surface area (Å²) >= 11 is 0. The van der Waals surface area contributed by atoms with Crippen LogP contribution in [0, 0.1) is 5.82 Å². The first-order valence-electron chi connectivity index (χ1n) is 10.3. The van der Waals surface area contributed by atoms with Crippen LogP contribution in [-0.2, 0) is 6.42 Å². The van der Waals surface area contributed by atoms with Gasteiger partial charge < -0.3 is 19.7 Å². The Balaban J connectivity index is 1.23. The largest absolute Gasteiger partial charge is 0.511 e. The summed E-state index contributed by atoms with van der Waals surface area (Å²) in [6.07, 6.45) is 3.80. The molecular weight excluding hydrogens is 385 g/mol. The topological polar surface area (TPSA) is 68.8 Å². The summed E-state index contributed by atoms with van der Waals surface area (Å²) in [6.45, 7) is 5.01. The van der Waals surface area contributed by atoms with E-state index in [1.807, 2.05) is 24.4 Å². The number of carbonyl (C=O) groups is 1. The molecule has 0 saturated carbocycles. The van der Waals surface area contributed by atoms with Gasteiger partial charge in [-0.05, 0) is 73.8 Å². The highest BCUT2D eigenvalue weighted by molar-refractivity contribution is 5.85. The number of ether oxygens (including phenoxy) is 1. The number of H-pyrrole nitrogens is 1. The molecule has 1 aliphatic rings. The Bertz CT molecular complexity index is 995. The molecule has 4 rings (SSSR count). The number of fused-ring (bicyclic) bond motifs is 1. The van der Waals surface area contributed by atoms with Gasteiger partial charge in [-0.2, -0.15) is 0 Å². The fourth-order valence-corrected chi connectivity index (χ4v) is 4.06. The quantitative estimate of drug-likeness (QED) is 0.340. The van der Waals surface area contributed by atoms with Crippen molar-refractivity contribution >= 4 is 22.7 Å². The van der Waals surface area contributed by atoms with Gasteiger partial charge in [0.25, 0.3) is 0 Å². The smallest absolute Gasteiger partial charge is 0.449 e. The van der Waals surface area contributed by atoms with E-state index in [0.29, 0.717) is 5.75 Å². The Morgan fingerprint density at radius 3 is 2.57 bits per heavy atom. The number of nitrogens with one attached hydrogen (secondary N) is 1. The number of halogens is 1. The number of piperazine rings is 1. The first-order valence-corrected chi connectivity index (χ1v) is 10.3. The van der Waals surface area contributed by atoms with Crippen molar-refractivity contribution in [1.29, 1.82) is 0 Å². The number of nitrogens with zero attached hydrogens (tertiary/aromatic N) is 2.